The van der Waals surface area contributed by atoms with Gasteiger partial charge >= 0.3 is 0 Å². The Morgan fingerprint density at radius 2 is 1.03 bits per heavy atom. The zero-order valence-electron chi connectivity index (χ0n) is 22.5. The first-order chi connectivity index (χ1) is 16.1. The second kappa shape index (κ2) is 12.1. The first-order valence-corrected chi connectivity index (χ1v) is 15.7. The molecule has 0 radical (unpaired) electrons. The van der Waals surface area contributed by atoms with Crippen molar-refractivity contribution in [3.63, 3.8) is 0 Å². The summed E-state index contributed by atoms with van der Waals surface area (Å²) in [4.78, 5) is 13.6. The monoisotopic (exact) mass is 456 g/mol. The van der Waals surface area contributed by atoms with Gasteiger partial charge in [0.25, 0.3) is 0 Å². The summed E-state index contributed by atoms with van der Waals surface area (Å²) < 4.78 is 0. The molecule has 4 aliphatic rings. The molecule has 1 heteroatoms. The van der Waals surface area contributed by atoms with Crippen molar-refractivity contribution in [3.05, 3.63) is 0 Å². The van der Waals surface area contributed by atoms with Crippen molar-refractivity contribution in [2.24, 2.45) is 34.5 Å². The molecular weight excluding hydrogens is 400 g/mol. The third-order valence-electron chi connectivity index (χ3n) is 11.2. The number of rotatable bonds is 11. The third-order valence-corrected chi connectivity index (χ3v) is 11.2. The Hall–Kier alpha value is -0.330. The van der Waals surface area contributed by atoms with Crippen LogP contribution in [0.15, 0.2) is 0 Å². The van der Waals surface area contributed by atoms with Gasteiger partial charge in [-0.2, -0.15) is 0 Å². The van der Waals surface area contributed by atoms with Gasteiger partial charge in [0.2, 0.25) is 0 Å². The van der Waals surface area contributed by atoms with Gasteiger partial charge in [0.05, 0.1) is 0 Å². The van der Waals surface area contributed by atoms with Crippen molar-refractivity contribution in [1.82, 2.24) is 0 Å². The second-order valence-corrected chi connectivity index (χ2v) is 13.3. The normalized spacial score (nSPS) is 39.2. The van der Waals surface area contributed by atoms with Gasteiger partial charge in [-0.15, -0.1) is 0 Å². The number of unbranched alkanes of at least 4 members (excludes halogenated alkanes) is 6. The highest BCUT2D eigenvalue weighted by molar-refractivity contribution is 5.96. The van der Waals surface area contributed by atoms with E-state index in [9.17, 15) is 4.79 Å². The molecule has 1 nitrogen and oxygen atoms in total. The van der Waals surface area contributed by atoms with Gasteiger partial charge in [0.15, 0.2) is 0 Å². The lowest BCUT2D eigenvalue weighted by Crippen LogP contribution is -2.59. The van der Waals surface area contributed by atoms with Crippen LogP contribution in [0.25, 0.3) is 0 Å². The number of carbonyl (C=O) groups is 1. The maximum absolute atomic E-state index is 13.6. The SMILES string of the molecule is CCCCCCCC1CCC2(CC1)CC1(CCC(C3CCC(CCCCC)CC3)CC1)C2=O. The summed E-state index contributed by atoms with van der Waals surface area (Å²) in [5.41, 5.74) is 0.281. The molecule has 0 N–H and O–H groups in total. The van der Waals surface area contributed by atoms with Crippen LogP contribution in [0.3, 0.4) is 0 Å². The van der Waals surface area contributed by atoms with Crippen LogP contribution in [0.1, 0.15) is 162 Å². The van der Waals surface area contributed by atoms with Gasteiger partial charge in [-0.05, 0) is 94.3 Å². The Labute approximate surface area is 206 Å². The van der Waals surface area contributed by atoms with E-state index in [1.165, 1.54) is 148 Å². The Morgan fingerprint density at radius 3 is 1.61 bits per heavy atom. The molecule has 0 unspecified atom stereocenters. The molecular formula is C32H56O. The van der Waals surface area contributed by atoms with Gasteiger partial charge in [-0.3, -0.25) is 4.79 Å². The maximum Gasteiger partial charge on any atom is 0.145 e. The van der Waals surface area contributed by atoms with E-state index in [0.717, 1.165) is 29.5 Å². The molecule has 0 aromatic heterocycles. The molecule has 0 aromatic rings. The molecule has 0 aromatic carbocycles. The number of hydrogen-bond acceptors (Lipinski definition) is 1. The predicted molar refractivity (Wildman–Crippen MR) is 141 cm³/mol. The molecule has 190 valence electrons. The fourth-order valence-electron chi connectivity index (χ4n) is 8.92. The lowest BCUT2D eigenvalue weighted by molar-refractivity contribution is -0.169. The molecule has 4 saturated carbocycles. The first kappa shape index (κ1) is 25.8. The van der Waals surface area contributed by atoms with Gasteiger partial charge in [0.1, 0.15) is 5.78 Å². The first-order valence-electron chi connectivity index (χ1n) is 15.7. The molecule has 4 aliphatic carbocycles. The zero-order valence-corrected chi connectivity index (χ0v) is 22.5. The highest BCUT2D eigenvalue weighted by Crippen LogP contribution is 2.64. The Balaban J connectivity index is 1.14. The van der Waals surface area contributed by atoms with E-state index >= 15 is 0 Å². The van der Waals surface area contributed by atoms with Crippen molar-refractivity contribution in [2.75, 3.05) is 0 Å². The average Bonchev–Trinajstić information content (AvgIpc) is 2.86. The summed E-state index contributed by atoms with van der Waals surface area (Å²) in [6.07, 6.45) is 31.9. The minimum Gasteiger partial charge on any atom is -0.298 e. The molecule has 0 bridgehead atoms. The summed E-state index contributed by atoms with van der Waals surface area (Å²) in [6, 6.07) is 0. The summed E-state index contributed by atoms with van der Waals surface area (Å²) >= 11 is 0. The molecule has 0 aliphatic heterocycles. The molecule has 2 spiro atoms. The smallest absolute Gasteiger partial charge is 0.145 e. The van der Waals surface area contributed by atoms with Crippen LogP contribution in [0.2, 0.25) is 0 Å². The Bertz CT molecular complexity index is 582. The molecule has 0 amide bonds. The minimum absolute atomic E-state index is 0.140. The van der Waals surface area contributed by atoms with Crippen molar-refractivity contribution >= 4 is 5.78 Å². The summed E-state index contributed by atoms with van der Waals surface area (Å²) in [6.45, 7) is 4.62. The zero-order chi connectivity index (χ0) is 23.2. The van der Waals surface area contributed by atoms with Gasteiger partial charge in [0, 0.05) is 10.8 Å². The van der Waals surface area contributed by atoms with E-state index in [2.05, 4.69) is 13.8 Å². The number of Topliss-reactive ketones (excluding diaryl/α,β-unsaturated/α-hetero) is 1. The van der Waals surface area contributed by atoms with Crippen LogP contribution < -0.4 is 0 Å². The highest BCUT2D eigenvalue weighted by Gasteiger charge is 2.63. The summed E-state index contributed by atoms with van der Waals surface area (Å²) in [7, 11) is 0. The molecule has 0 saturated heterocycles. The van der Waals surface area contributed by atoms with Crippen LogP contribution in [0, 0.1) is 34.5 Å². The quantitative estimate of drug-likeness (QED) is 0.283. The van der Waals surface area contributed by atoms with Crippen LogP contribution >= 0.6 is 0 Å². The van der Waals surface area contributed by atoms with Crippen LogP contribution in [0.4, 0.5) is 0 Å². The van der Waals surface area contributed by atoms with E-state index < -0.39 is 0 Å². The fourth-order valence-corrected chi connectivity index (χ4v) is 8.92. The molecule has 33 heavy (non-hydrogen) atoms. The summed E-state index contributed by atoms with van der Waals surface area (Å²) in [5.74, 6) is 4.63. The van der Waals surface area contributed by atoms with Crippen molar-refractivity contribution in [1.29, 1.82) is 0 Å². The molecule has 4 fully saturated rings. The van der Waals surface area contributed by atoms with E-state index in [1.54, 1.807) is 0 Å². The van der Waals surface area contributed by atoms with E-state index in [4.69, 9.17) is 0 Å². The minimum atomic E-state index is 0.140. The lowest BCUT2D eigenvalue weighted by Gasteiger charge is -2.59. The Morgan fingerprint density at radius 1 is 0.576 bits per heavy atom. The van der Waals surface area contributed by atoms with Crippen LogP contribution in [0.5, 0.6) is 0 Å². The maximum atomic E-state index is 13.6. The lowest BCUT2D eigenvalue weighted by atomic mass is 9.42. The number of hydrogen-bond donors (Lipinski definition) is 0. The number of ketones is 1. The largest absolute Gasteiger partial charge is 0.298 e. The van der Waals surface area contributed by atoms with Crippen molar-refractivity contribution < 1.29 is 4.79 Å². The van der Waals surface area contributed by atoms with Crippen molar-refractivity contribution in [3.8, 4) is 0 Å². The van der Waals surface area contributed by atoms with Gasteiger partial charge in [-0.1, -0.05) is 90.9 Å². The van der Waals surface area contributed by atoms with E-state index in [0.29, 0.717) is 0 Å². The average molecular weight is 457 g/mol. The number of carbonyl (C=O) groups excluding carboxylic acids is 1. The molecule has 0 heterocycles. The Kier molecular flexibility index (Phi) is 9.42. The standard InChI is InChI=1S/C32H56O/c1-3-5-7-8-10-12-27-17-21-31(22-18-27)25-32(30(31)33)23-19-29(20-24-32)28-15-13-26(14-16-28)11-9-6-4-2/h26-29H,3-25H2,1-2H3. The fraction of sp³-hybridized carbons (Fsp3) is 0.969. The molecule has 4 rings (SSSR count). The van der Waals surface area contributed by atoms with Crippen LogP contribution in [-0.4, -0.2) is 5.78 Å². The van der Waals surface area contributed by atoms with Gasteiger partial charge < -0.3 is 0 Å². The van der Waals surface area contributed by atoms with E-state index in [1.807, 2.05) is 0 Å². The molecule has 0 atom stereocenters. The summed E-state index contributed by atoms with van der Waals surface area (Å²) in [5, 5.41) is 0. The van der Waals surface area contributed by atoms with Crippen molar-refractivity contribution in [2.45, 2.75) is 162 Å². The van der Waals surface area contributed by atoms with E-state index in [-0.39, 0.29) is 10.8 Å². The van der Waals surface area contributed by atoms with Crippen LogP contribution in [-0.2, 0) is 4.79 Å². The highest BCUT2D eigenvalue weighted by atomic mass is 16.1. The predicted octanol–water partition coefficient (Wildman–Crippen LogP) is 10.1. The third kappa shape index (κ3) is 6.09. The second-order valence-electron chi connectivity index (χ2n) is 13.3. The topological polar surface area (TPSA) is 17.1 Å². The van der Waals surface area contributed by atoms with Gasteiger partial charge in [-0.25, -0.2) is 0 Å².